The Kier molecular flexibility index (Phi) is 6.29. The molecule has 3 aromatic carbocycles. The normalized spacial score (nSPS) is 10.9. The van der Waals surface area contributed by atoms with Gasteiger partial charge in [-0.05, 0) is 30.3 Å². The Morgan fingerprint density at radius 1 is 1.08 bits per heavy atom. The van der Waals surface area contributed by atoms with Gasteiger partial charge in [0.1, 0.15) is 29.5 Å². The van der Waals surface area contributed by atoms with Crippen LogP contribution in [0.2, 0.25) is 0 Å². The van der Waals surface area contributed by atoms with Crippen LogP contribution in [-0.2, 0) is 6.42 Å². The van der Waals surface area contributed by atoms with Crippen molar-refractivity contribution in [1.82, 2.24) is 20.2 Å². The van der Waals surface area contributed by atoms with Gasteiger partial charge in [-0.15, -0.1) is 10.2 Å². The molecule has 0 amide bonds. The lowest BCUT2D eigenvalue weighted by Gasteiger charge is -2.12. The van der Waals surface area contributed by atoms with Crippen molar-refractivity contribution < 1.29 is 23.2 Å². The highest BCUT2D eigenvalue weighted by Gasteiger charge is 2.19. The van der Waals surface area contributed by atoms with Crippen LogP contribution < -0.4 is 14.8 Å². The highest BCUT2D eigenvalue weighted by atomic mass is 19.1. The predicted octanol–water partition coefficient (Wildman–Crippen LogP) is 5.83. The fraction of sp³-hybridized carbons (Fsp3) is 0.120. The number of benzene rings is 3. The number of nitro benzene ring substituents is 1. The van der Waals surface area contributed by atoms with E-state index < -0.39 is 10.7 Å². The molecule has 0 aliphatic rings. The van der Waals surface area contributed by atoms with Crippen LogP contribution in [0.4, 0.5) is 21.6 Å². The first-order chi connectivity index (χ1) is 17.9. The average molecular weight is 502 g/mol. The molecule has 186 valence electrons. The summed E-state index contributed by atoms with van der Waals surface area (Å²) in [7, 11) is 1.33. The van der Waals surface area contributed by atoms with Gasteiger partial charge in [-0.25, -0.2) is 14.4 Å². The van der Waals surface area contributed by atoms with Crippen molar-refractivity contribution in [3.8, 4) is 28.7 Å². The van der Waals surface area contributed by atoms with Gasteiger partial charge in [-0.1, -0.05) is 13.0 Å². The largest absolute Gasteiger partial charge is 0.490 e. The molecule has 0 atom stereocenters. The average Bonchev–Trinajstić information content (AvgIpc) is 3.39. The van der Waals surface area contributed by atoms with Gasteiger partial charge in [0.05, 0.1) is 28.6 Å². The second-order valence-corrected chi connectivity index (χ2v) is 7.77. The minimum atomic E-state index is -0.618. The van der Waals surface area contributed by atoms with Gasteiger partial charge >= 0.3 is 5.69 Å². The van der Waals surface area contributed by atoms with Crippen molar-refractivity contribution in [3.05, 3.63) is 82.7 Å². The molecule has 0 radical (unpaired) electrons. The number of ether oxygens (including phenoxy) is 2. The number of nitro groups is 1. The number of aromatic nitrogens is 4. The zero-order chi connectivity index (χ0) is 25.9. The summed E-state index contributed by atoms with van der Waals surface area (Å²) in [6.07, 6.45) is 1.89. The highest BCUT2D eigenvalue weighted by Crippen LogP contribution is 2.35. The van der Waals surface area contributed by atoms with Crippen molar-refractivity contribution in [2.24, 2.45) is 0 Å². The summed E-state index contributed by atoms with van der Waals surface area (Å²) >= 11 is 0. The van der Waals surface area contributed by atoms with Crippen molar-refractivity contribution >= 4 is 28.1 Å². The van der Waals surface area contributed by atoms with E-state index in [-0.39, 0.29) is 28.7 Å². The molecule has 0 aliphatic heterocycles. The first-order valence-corrected chi connectivity index (χ1v) is 11.1. The Hall–Kier alpha value is -5.13. The molecule has 0 unspecified atom stereocenters. The van der Waals surface area contributed by atoms with Crippen molar-refractivity contribution in [2.75, 3.05) is 12.4 Å². The van der Waals surface area contributed by atoms with Crippen LogP contribution in [0.15, 0.2) is 65.3 Å². The molecule has 0 saturated heterocycles. The number of hydrogen-bond donors (Lipinski definition) is 1. The van der Waals surface area contributed by atoms with Crippen molar-refractivity contribution in [2.45, 2.75) is 13.3 Å². The van der Waals surface area contributed by atoms with E-state index >= 15 is 4.39 Å². The van der Waals surface area contributed by atoms with E-state index in [4.69, 9.17) is 13.9 Å². The van der Waals surface area contributed by atoms with Gasteiger partial charge in [0.15, 0.2) is 5.75 Å². The summed E-state index contributed by atoms with van der Waals surface area (Å²) in [5, 5.41) is 22.6. The standard InChI is InChI=1S/C25H19FN6O5/c1-3-23-30-31-25(37-23)14-5-4-6-15(9-14)36-16-7-8-19(18(26)10-16)29-24-17-11-21(32(33)34)22(35-2)12-20(17)27-13-28-24/h4-13H,3H2,1-2H3,(H,27,28,29). The van der Waals surface area contributed by atoms with Gasteiger partial charge in [-0.3, -0.25) is 10.1 Å². The fourth-order valence-electron chi connectivity index (χ4n) is 3.61. The zero-order valence-electron chi connectivity index (χ0n) is 19.6. The summed E-state index contributed by atoms with van der Waals surface area (Å²) < 4.78 is 31.5. The Bertz CT molecular complexity index is 1620. The number of nitrogens with one attached hydrogen (secondary N) is 1. The van der Waals surface area contributed by atoms with E-state index in [1.807, 2.05) is 6.92 Å². The topological polar surface area (TPSA) is 138 Å². The summed E-state index contributed by atoms with van der Waals surface area (Å²) in [5.74, 6) is 1.24. The minimum absolute atomic E-state index is 0.0591. The maximum absolute atomic E-state index is 15.0. The monoisotopic (exact) mass is 502 g/mol. The molecule has 2 heterocycles. The molecule has 1 N–H and O–H groups in total. The third-order valence-electron chi connectivity index (χ3n) is 5.41. The molecule has 12 heteroatoms. The lowest BCUT2D eigenvalue weighted by atomic mass is 10.2. The van der Waals surface area contributed by atoms with Gasteiger partial charge in [0.2, 0.25) is 11.8 Å². The molecular weight excluding hydrogens is 483 g/mol. The van der Waals surface area contributed by atoms with Gasteiger partial charge in [-0.2, -0.15) is 0 Å². The fourth-order valence-corrected chi connectivity index (χ4v) is 3.61. The van der Waals surface area contributed by atoms with Crippen LogP contribution in [0.3, 0.4) is 0 Å². The summed E-state index contributed by atoms with van der Waals surface area (Å²) in [6, 6.07) is 14.0. The molecule has 2 aromatic heterocycles. The molecule has 0 bridgehead atoms. The molecule has 11 nitrogen and oxygen atoms in total. The Balaban J connectivity index is 1.39. The third kappa shape index (κ3) is 4.85. The number of rotatable bonds is 8. The van der Waals surface area contributed by atoms with E-state index in [0.717, 1.165) is 0 Å². The van der Waals surface area contributed by atoms with E-state index in [1.165, 1.54) is 37.7 Å². The van der Waals surface area contributed by atoms with E-state index in [2.05, 4.69) is 25.5 Å². The highest BCUT2D eigenvalue weighted by molar-refractivity contribution is 5.93. The maximum Gasteiger partial charge on any atom is 0.311 e. The van der Waals surface area contributed by atoms with Crippen LogP contribution in [0.1, 0.15) is 12.8 Å². The lowest BCUT2D eigenvalue weighted by Crippen LogP contribution is -2.00. The van der Waals surface area contributed by atoms with Crippen molar-refractivity contribution in [3.63, 3.8) is 0 Å². The molecule has 0 saturated carbocycles. The quantitative estimate of drug-likeness (QED) is 0.203. The van der Waals surface area contributed by atoms with E-state index in [1.54, 1.807) is 30.3 Å². The number of halogens is 1. The molecular formula is C25H19FN6O5. The Labute approximate surface area is 209 Å². The molecule has 5 rings (SSSR count). The van der Waals surface area contributed by atoms with E-state index in [9.17, 15) is 10.1 Å². The molecule has 0 spiro atoms. The van der Waals surface area contributed by atoms with Gasteiger partial charge < -0.3 is 19.2 Å². The molecule has 0 aliphatic carbocycles. The Morgan fingerprint density at radius 3 is 2.65 bits per heavy atom. The first kappa shape index (κ1) is 23.6. The number of fused-ring (bicyclic) bond motifs is 1. The maximum atomic E-state index is 15.0. The van der Waals surface area contributed by atoms with Crippen molar-refractivity contribution in [1.29, 1.82) is 0 Å². The summed E-state index contributed by atoms with van der Waals surface area (Å²) in [5.41, 5.74) is 0.903. The Morgan fingerprint density at radius 2 is 1.92 bits per heavy atom. The second-order valence-electron chi connectivity index (χ2n) is 7.77. The van der Waals surface area contributed by atoms with Crippen LogP contribution in [0.25, 0.3) is 22.4 Å². The smallest absolute Gasteiger partial charge is 0.311 e. The van der Waals surface area contributed by atoms with Crippen LogP contribution in [0, 0.1) is 15.9 Å². The van der Waals surface area contributed by atoms with Crippen LogP contribution in [0.5, 0.6) is 17.2 Å². The SMILES string of the molecule is CCc1nnc(-c2cccc(Oc3ccc(Nc4ncnc5cc(OC)c([N+](=O)[O-])cc45)c(F)c3)c2)o1. The van der Waals surface area contributed by atoms with E-state index in [0.29, 0.717) is 40.4 Å². The predicted molar refractivity (Wildman–Crippen MR) is 132 cm³/mol. The van der Waals surface area contributed by atoms with Crippen LogP contribution in [-0.4, -0.2) is 32.2 Å². The summed E-state index contributed by atoms with van der Waals surface area (Å²) in [4.78, 5) is 19.1. The third-order valence-corrected chi connectivity index (χ3v) is 5.41. The van der Waals surface area contributed by atoms with Gasteiger partial charge in [0, 0.05) is 30.2 Å². The summed E-state index contributed by atoms with van der Waals surface area (Å²) in [6.45, 7) is 1.91. The zero-order valence-corrected chi connectivity index (χ0v) is 19.6. The molecule has 0 fully saturated rings. The number of anilines is 2. The number of hydrogen-bond acceptors (Lipinski definition) is 10. The number of methoxy groups -OCH3 is 1. The molecule has 37 heavy (non-hydrogen) atoms. The lowest BCUT2D eigenvalue weighted by molar-refractivity contribution is -0.385. The number of aryl methyl sites for hydroxylation is 1. The van der Waals surface area contributed by atoms with Gasteiger partial charge in [0.25, 0.3) is 0 Å². The first-order valence-electron chi connectivity index (χ1n) is 11.1. The molecule has 5 aromatic rings. The second kappa shape index (κ2) is 9.85. The minimum Gasteiger partial charge on any atom is -0.490 e. The number of nitrogens with zero attached hydrogens (tertiary/aromatic N) is 5. The van der Waals surface area contributed by atoms with Crippen LogP contribution >= 0.6 is 0 Å².